The Kier molecular flexibility index (Phi) is 3.83. The molecule has 0 amide bonds. The maximum atomic E-state index is 5.58. The van der Waals surface area contributed by atoms with Gasteiger partial charge in [-0.15, -0.1) is 0 Å². The third-order valence-electron chi connectivity index (χ3n) is 3.57. The summed E-state index contributed by atoms with van der Waals surface area (Å²) in [6.45, 7) is 2.12. The fourth-order valence-electron chi connectivity index (χ4n) is 2.39. The lowest BCUT2D eigenvalue weighted by Gasteiger charge is -2.22. The standard InChI is InChI=1S/C16H18N4O/c1-12(13-5-7-17-8-6-13)19-15(14-4-3-11-21-14)16-18-9-10-20(16)2/h3-12,15,19H,1-2H3/t12-,15?/m1/s1. The molecule has 0 saturated heterocycles. The third-order valence-corrected chi connectivity index (χ3v) is 3.57. The van der Waals surface area contributed by atoms with E-state index in [1.165, 1.54) is 5.56 Å². The highest BCUT2D eigenvalue weighted by atomic mass is 16.3. The van der Waals surface area contributed by atoms with Crippen molar-refractivity contribution in [2.75, 3.05) is 0 Å². The fourth-order valence-corrected chi connectivity index (χ4v) is 2.39. The third kappa shape index (κ3) is 2.87. The fraction of sp³-hybridized carbons (Fsp3) is 0.250. The number of imidazole rings is 1. The molecule has 0 fully saturated rings. The molecule has 0 aliphatic heterocycles. The van der Waals surface area contributed by atoms with Crippen molar-refractivity contribution in [2.24, 2.45) is 7.05 Å². The van der Waals surface area contributed by atoms with Crippen molar-refractivity contribution in [3.8, 4) is 0 Å². The molecule has 3 aromatic rings. The maximum Gasteiger partial charge on any atom is 0.133 e. The van der Waals surface area contributed by atoms with Gasteiger partial charge in [0.1, 0.15) is 17.6 Å². The van der Waals surface area contributed by atoms with Gasteiger partial charge in [0.25, 0.3) is 0 Å². The number of nitrogens with one attached hydrogen (secondary N) is 1. The van der Waals surface area contributed by atoms with Gasteiger partial charge >= 0.3 is 0 Å². The van der Waals surface area contributed by atoms with Gasteiger partial charge in [-0.05, 0) is 36.8 Å². The first kappa shape index (κ1) is 13.6. The highest BCUT2D eigenvalue weighted by Crippen LogP contribution is 2.24. The first-order valence-corrected chi connectivity index (χ1v) is 6.92. The minimum absolute atomic E-state index is 0.0943. The zero-order valence-electron chi connectivity index (χ0n) is 12.1. The molecule has 0 spiro atoms. The zero-order chi connectivity index (χ0) is 14.7. The molecule has 3 rings (SSSR count). The van der Waals surface area contributed by atoms with E-state index in [1.807, 2.05) is 42.1 Å². The molecule has 0 saturated carbocycles. The Morgan fingerprint density at radius 2 is 2.00 bits per heavy atom. The Morgan fingerprint density at radius 1 is 1.19 bits per heavy atom. The quantitative estimate of drug-likeness (QED) is 0.782. The van der Waals surface area contributed by atoms with Crippen molar-refractivity contribution in [3.63, 3.8) is 0 Å². The van der Waals surface area contributed by atoms with Crippen molar-refractivity contribution in [3.05, 3.63) is 72.5 Å². The summed E-state index contributed by atoms with van der Waals surface area (Å²) in [4.78, 5) is 8.51. The highest BCUT2D eigenvalue weighted by molar-refractivity contribution is 5.19. The molecule has 1 unspecified atom stereocenters. The molecule has 108 valence electrons. The van der Waals surface area contributed by atoms with Crippen LogP contribution in [-0.4, -0.2) is 14.5 Å². The van der Waals surface area contributed by atoms with Crippen LogP contribution < -0.4 is 5.32 Å². The molecule has 21 heavy (non-hydrogen) atoms. The van der Waals surface area contributed by atoms with Gasteiger partial charge in [-0.1, -0.05) is 0 Å². The molecule has 5 nitrogen and oxygen atoms in total. The summed E-state index contributed by atoms with van der Waals surface area (Å²) < 4.78 is 7.58. The first-order chi connectivity index (χ1) is 10.3. The molecule has 1 N–H and O–H groups in total. The topological polar surface area (TPSA) is 55.9 Å². The summed E-state index contributed by atoms with van der Waals surface area (Å²) in [7, 11) is 1.98. The van der Waals surface area contributed by atoms with Gasteiger partial charge in [-0.3, -0.25) is 10.3 Å². The van der Waals surface area contributed by atoms with Crippen LogP contribution in [0, 0.1) is 0 Å². The van der Waals surface area contributed by atoms with Crippen molar-refractivity contribution in [1.29, 1.82) is 0 Å². The van der Waals surface area contributed by atoms with Gasteiger partial charge in [0, 0.05) is 37.9 Å². The number of hydrogen-bond acceptors (Lipinski definition) is 4. The monoisotopic (exact) mass is 282 g/mol. The summed E-state index contributed by atoms with van der Waals surface area (Å²) in [5.41, 5.74) is 1.18. The lowest BCUT2D eigenvalue weighted by molar-refractivity contribution is 0.403. The Balaban J connectivity index is 1.89. The Bertz CT molecular complexity index is 675. The van der Waals surface area contributed by atoms with E-state index in [0.29, 0.717) is 0 Å². The SMILES string of the molecule is C[C@@H](NC(c1ccco1)c1nccn1C)c1ccncc1. The number of hydrogen-bond donors (Lipinski definition) is 1. The van der Waals surface area contributed by atoms with E-state index in [0.717, 1.165) is 11.6 Å². The first-order valence-electron chi connectivity index (χ1n) is 6.92. The summed E-state index contributed by atoms with van der Waals surface area (Å²) >= 11 is 0. The smallest absolute Gasteiger partial charge is 0.133 e. The van der Waals surface area contributed by atoms with E-state index in [-0.39, 0.29) is 12.1 Å². The Hall–Kier alpha value is -2.40. The van der Waals surface area contributed by atoms with Gasteiger partial charge in [-0.25, -0.2) is 4.98 Å². The normalized spacial score (nSPS) is 14.0. The van der Waals surface area contributed by atoms with Crippen molar-refractivity contribution < 1.29 is 4.42 Å². The number of pyridine rings is 1. The minimum atomic E-state index is -0.0943. The maximum absolute atomic E-state index is 5.58. The predicted molar refractivity (Wildman–Crippen MR) is 79.5 cm³/mol. The van der Waals surface area contributed by atoms with E-state index in [1.54, 1.807) is 24.9 Å². The van der Waals surface area contributed by atoms with Crippen LogP contribution in [-0.2, 0) is 7.05 Å². The lowest BCUT2D eigenvalue weighted by atomic mass is 10.1. The van der Waals surface area contributed by atoms with Crippen LogP contribution in [0.1, 0.15) is 36.2 Å². The summed E-state index contributed by atoms with van der Waals surface area (Å²) in [5, 5.41) is 3.57. The molecule has 3 heterocycles. The molecule has 2 atom stereocenters. The molecule has 0 aliphatic carbocycles. The average Bonchev–Trinajstić information content (AvgIpc) is 3.17. The highest BCUT2D eigenvalue weighted by Gasteiger charge is 2.23. The van der Waals surface area contributed by atoms with Crippen LogP contribution in [0.15, 0.2) is 59.7 Å². The van der Waals surface area contributed by atoms with E-state index >= 15 is 0 Å². The number of furan rings is 1. The second-order valence-corrected chi connectivity index (χ2v) is 5.01. The van der Waals surface area contributed by atoms with Crippen LogP contribution in [0.25, 0.3) is 0 Å². The molecule has 0 radical (unpaired) electrons. The van der Waals surface area contributed by atoms with Crippen molar-refractivity contribution >= 4 is 0 Å². The summed E-state index contributed by atoms with van der Waals surface area (Å²) in [6, 6.07) is 7.93. The molecule has 0 aromatic carbocycles. The van der Waals surface area contributed by atoms with Crippen LogP contribution in [0.3, 0.4) is 0 Å². The number of aryl methyl sites for hydroxylation is 1. The average molecular weight is 282 g/mol. The van der Waals surface area contributed by atoms with Crippen molar-refractivity contribution in [1.82, 2.24) is 19.9 Å². The lowest BCUT2D eigenvalue weighted by Crippen LogP contribution is -2.27. The van der Waals surface area contributed by atoms with Crippen LogP contribution >= 0.6 is 0 Å². The van der Waals surface area contributed by atoms with Gasteiger partial charge < -0.3 is 8.98 Å². The second kappa shape index (κ2) is 5.93. The Morgan fingerprint density at radius 3 is 2.62 bits per heavy atom. The number of aromatic nitrogens is 3. The van der Waals surface area contributed by atoms with E-state index < -0.39 is 0 Å². The van der Waals surface area contributed by atoms with Crippen molar-refractivity contribution in [2.45, 2.75) is 19.0 Å². The van der Waals surface area contributed by atoms with E-state index in [4.69, 9.17) is 4.42 Å². The van der Waals surface area contributed by atoms with Gasteiger partial charge in [0.05, 0.1) is 6.26 Å². The van der Waals surface area contributed by atoms with Gasteiger partial charge in [0.15, 0.2) is 0 Å². The van der Waals surface area contributed by atoms with Crippen LogP contribution in [0.2, 0.25) is 0 Å². The Labute approximate surface area is 123 Å². The summed E-state index contributed by atoms with van der Waals surface area (Å²) in [5.74, 6) is 1.77. The molecule has 0 bridgehead atoms. The molecule has 5 heteroatoms. The molecule has 0 aliphatic rings. The predicted octanol–water partition coefficient (Wildman–Crippen LogP) is 2.85. The van der Waals surface area contributed by atoms with E-state index in [2.05, 4.69) is 22.2 Å². The molecular weight excluding hydrogens is 264 g/mol. The number of rotatable bonds is 5. The minimum Gasteiger partial charge on any atom is -0.467 e. The van der Waals surface area contributed by atoms with Gasteiger partial charge in [-0.2, -0.15) is 0 Å². The van der Waals surface area contributed by atoms with Crippen LogP contribution in [0.5, 0.6) is 0 Å². The summed E-state index contributed by atoms with van der Waals surface area (Å²) in [6.07, 6.45) is 9.02. The zero-order valence-corrected chi connectivity index (χ0v) is 12.1. The van der Waals surface area contributed by atoms with Crippen LogP contribution in [0.4, 0.5) is 0 Å². The largest absolute Gasteiger partial charge is 0.467 e. The van der Waals surface area contributed by atoms with Gasteiger partial charge in [0.2, 0.25) is 0 Å². The second-order valence-electron chi connectivity index (χ2n) is 5.01. The number of nitrogens with zero attached hydrogens (tertiary/aromatic N) is 3. The molecular formula is C16H18N4O. The van der Waals surface area contributed by atoms with E-state index in [9.17, 15) is 0 Å². The molecule has 3 aromatic heterocycles.